The molecule has 0 saturated carbocycles. The highest BCUT2D eigenvalue weighted by Crippen LogP contribution is 2.22. The predicted molar refractivity (Wildman–Crippen MR) is 117 cm³/mol. The van der Waals surface area contributed by atoms with Crippen molar-refractivity contribution in [1.82, 2.24) is 9.88 Å². The number of hydrogen-bond donors (Lipinski definition) is 1. The number of halogens is 2. The monoisotopic (exact) mass is 415 g/mol. The quantitative estimate of drug-likeness (QED) is 0.509. The van der Waals surface area contributed by atoms with Crippen molar-refractivity contribution < 1.29 is 0 Å². The molecule has 3 nitrogen and oxygen atoms in total. The maximum atomic E-state index is 6.36. The molecule has 0 atom stereocenters. The molecule has 3 aromatic rings. The molecule has 6 heteroatoms. The molecule has 0 aliphatic carbocycles. The van der Waals surface area contributed by atoms with Crippen LogP contribution >= 0.6 is 35.4 Å². The van der Waals surface area contributed by atoms with Gasteiger partial charge in [-0.2, -0.15) is 0 Å². The number of rotatable bonds is 5. The molecular weight excluding hydrogens is 397 g/mol. The minimum absolute atomic E-state index is 0.567. The van der Waals surface area contributed by atoms with E-state index in [4.69, 9.17) is 35.4 Å². The fourth-order valence-electron chi connectivity index (χ4n) is 2.64. The minimum atomic E-state index is 0.567. The van der Waals surface area contributed by atoms with Gasteiger partial charge in [-0.15, -0.1) is 0 Å². The lowest BCUT2D eigenvalue weighted by molar-refractivity contribution is 0.407. The van der Waals surface area contributed by atoms with Crippen LogP contribution in [-0.4, -0.2) is 15.0 Å². The van der Waals surface area contributed by atoms with Crippen molar-refractivity contribution in [3.63, 3.8) is 0 Å². The van der Waals surface area contributed by atoms with E-state index in [9.17, 15) is 0 Å². The summed E-state index contributed by atoms with van der Waals surface area (Å²) in [7, 11) is 0. The van der Waals surface area contributed by atoms with Crippen molar-refractivity contribution in [3.05, 3.63) is 93.7 Å². The molecule has 1 aromatic heterocycles. The van der Waals surface area contributed by atoms with Crippen LogP contribution in [0.1, 0.15) is 16.8 Å². The number of aromatic nitrogens is 1. The van der Waals surface area contributed by atoms with E-state index in [0.29, 0.717) is 28.2 Å². The summed E-state index contributed by atoms with van der Waals surface area (Å²) >= 11 is 18.2. The Morgan fingerprint density at radius 3 is 2.56 bits per heavy atom. The Morgan fingerprint density at radius 2 is 1.81 bits per heavy atom. The summed E-state index contributed by atoms with van der Waals surface area (Å²) in [6, 6.07) is 19.3. The van der Waals surface area contributed by atoms with E-state index in [0.717, 1.165) is 22.5 Å². The first-order chi connectivity index (χ1) is 13.0. The van der Waals surface area contributed by atoms with Crippen molar-refractivity contribution in [3.8, 4) is 0 Å². The molecule has 1 heterocycles. The average Bonchev–Trinajstić information content (AvgIpc) is 2.66. The molecule has 0 amide bonds. The number of pyridine rings is 1. The van der Waals surface area contributed by atoms with Crippen LogP contribution in [0.4, 0.5) is 5.69 Å². The summed E-state index contributed by atoms with van der Waals surface area (Å²) in [6.07, 6.45) is 1.78. The first kappa shape index (κ1) is 19.6. The molecule has 138 valence electrons. The second-order valence-corrected chi connectivity index (χ2v) is 7.39. The number of thiocarbonyl (C=S) groups is 1. The summed E-state index contributed by atoms with van der Waals surface area (Å²) in [4.78, 5) is 6.46. The van der Waals surface area contributed by atoms with E-state index in [1.54, 1.807) is 6.20 Å². The largest absolute Gasteiger partial charge is 0.339 e. The van der Waals surface area contributed by atoms with Gasteiger partial charge in [0, 0.05) is 28.5 Å². The highest BCUT2D eigenvalue weighted by atomic mass is 35.5. The lowest BCUT2D eigenvalue weighted by Crippen LogP contribution is -2.34. The van der Waals surface area contributed by atoms with E-state index in [1.807, 2.05) is 72.5 Å². The number of hydrogen-bond acceptors (Lipinski definition) is 2. The van der Waals surface area contributed by atoms with Crippen LogP contribution in [0.5, 0.6) is 0 Å². The van der Waals surface area contributed by atoms with E-state index >= 15 is 0 Å². The van der Waals surface area contributed by atoms with Gasteiger partial charge >= 0.3 is 0 Å². The van der Waals surface area contributed by atoms with Crippen molar-refractivity contribution in [2.75, 3.05) is 5.32 Å². The number of benzene rings is 2. The van der Waals surface area contributed by atoms with Crippen molar-refractivity contribution in [2.24, 2.45) is 0 Å². The second kappa shape index (κ2) is 9.18. The third kappa shape index (κ3) is 5.42. The van der Waals surface area contributed by atoms with Gasteiger partial charge in [-0.25, -0.2) is 0 Å². The fraction of sp³-hybridized carbons (Fsp3) is 0.143. The molecule has 0 unspecified atom stereocenters. The molecule has 0 radical (unpaired) electrons. The zero-order valence-corrected chi connectivity index (χ0v) is 17.2. The van der Waals surface area contributed by atoms with Gasteiger partial charge in [-0.3, -0.25) is 4.98 Å². The Hall–Kier alpha value is -2.14. The number of nitrogens with one attached hydrogen (secondary N) is 1. The number of nitrogens with zero attached hydrogens (tertiary/aromatic N) is 2. The molecular formula is C21H19Cl2N3S. The van der Waals surface area contributed by atoms with Gasteiger partial charge in [0.15, 0.2) is 5.11 Å². The van der Waals surface area contributed by atoms with Crippen LogP contribution in [0.15, 0.2) is 66.9 Å². The van der Waals surface area contributed by atoms with Gasteiger partial charge in [0.25, 0.3) is 0 Å². The Morgan fingerprint density at radius 1 is 1.04 bits per heavy atom. The van der Waals surface area contributed by atoms with Crippen LogP contribution in [-0.2, 0) is 13.1 Å². The molecule has 0 saturated heterocycles. The summed E-state index contributed by atoms with van der Waals surface area (Å²) in [5.74, 6) is 0. The zero-order valence-electron chi connectivity index (χ0n) is 14.8. The van der Waals surface area contributed by atoms with Gasteiger partial charge < -0.3 is 10.2 Å². The Balaban J connectivity index is 1.85. The Kier molecular flexibility index (Phi) is 6.67. The lowest BCUT2D eigenvalue weighted by atomic mass is 10.2. The van der Waals surface area contributed by atoms with Crippen molar-refractivity contribution >= 4 is 46.2 Å². The van der Waals surface area contributed by atoms with E-state index in [-0.39, 0.29) is 0 Å². The summed E-state index contributed by atoms with van der Waals surface area (Å²) in [5.41, 5.74) is 3.88. The molecule has 0 bridgehead atoms. The molecule has 2 aromatic carbocycles. The van der Waals surface area contributed by atoms with Gasteiger partial charge in [-0.05, 0) is 60.6 Å². The third-order valence-corrected chi connectivity index (χ3v) is 5.09. The van der Waals surface area contributed by atoms with Gasteiger partial charge in [-0.1, -0.05) is 53.5 Å². The first-order valence-corrected chi connectivity index (χ1v) is 9.65. The van der Waals surface area contributed by atoms with E-state index in [1.165, 1.54) is 0 Å². The summed E-state index contributed by atoms with van der Waals surface area (Å²) in [6.45, 7) is 3.15. The predicted octanol–water partition coefficient (Wildman–Crippen LogP) is 6.10. The maximum Gasteiger partial charge on any atom is 0.174 e. The molecule has 1 N–H and O–H groups in total. The average molecular weight is 416 g/mol. The normalized spacial score (nSPS) is 10.5. The first-order valence-electron chi connectivity index (χ1n) is 8.48. The third-order valence-electron chi connectivity index (χ3n) is 4.13. The maximum absolute atomic E-state index is 6.36. The molecule has 0 fully saturated rings. The fourth-order valence-corrected chi connectivity index (χ4v) is 3.25. The minimum Gasteiger partial charge on any atom is -0.339 e. The van der Waals surface area contributed by atoms with Crippen LogP contribution in [0.2, 0.25) is 10.0 Å². The molecule has 3 rings (SSSR count). The zero-order chi connectivity index (χ0) is 19.2. The summed E-state index contributed by atoms with van der Waals surface area (Å²) in [5, 5.41) is 5.28. The van der Waals surface area contributed by atoms with Gasteiger partial charge in [0.2, 0.25) is 0 Å². The summed E-state index contributed by atoms with van der Waals surface area (Å²) < 4.78 is 0. The molecule has 27 heavy (non-hydrogen) atoms. The van der Waals surface area contributed by atoms with Gasteiger partial charge in [0.05, 0.1) is 12.2 Å². The SMILES string of the molecule is Cc1ccc(Cl)cc1NC(=S)N(Cc1ccccn1)Cc1ccccc1Cl. The highest BCUT2D eigenvalue weighted by molar-refractivity contribution is 7.80. The number of aryl methyl sites for hydroxylation is 1. The second-order valence-electron chi connectivity index (χ2n) is 6.16. The smallest absolute Gasteiger partial charge is 0.174 e. The standard InChI is InChI=1S/C21H19Cl2N3S/c1-15-9-10-17(22)12-20(15)25-21(27)26(14-18-7-4-5-11-24-18)13-16-6-2-3-8-19(16)23/h2-12H,13-14H2,1H3,(H,25,27). The van der Waals surface area contributed by atoms with Crippen molar-refractivity contribution in [1.29, 1.82) is 0 Å². The van der Waals surface area contributed by atoms with Crippen LogP contribution in [0.25, 0.3) is 0 Å². The Bertz CT molecular complexity index is 932. The lowest BCUT2D eigenvalue weighted by Gasteiger charge is -2.26. The highest BCUT2D eigenvalue weighted by Gasteiger charge is 2.14. The van der Waals surface area contributed by atoms with Gasteiger partial charge in [0.1, 0.15) is 0 Å². The van der Waals surface area contributed by atoms with Crippen molar-refractivity contribution in [2.45, 2.75) is 20.0 Å². The Labute approximate surface area is 175 Å². The van der Waals surface area contributed by atoms with Crippen LogP contribution in [0, 0.1) is 6.92 Å². The molecule has 0 spiro atoms. The molecule has 0 aliphatic rings. The van der Waals surface area contributed by atoms with Crippen LogP contribution in [0.3, 0.4) is 0 Å². The molecule has 0 aliphatic heterocycles. The number of anilines is 1. The van der Waals surface area contributed by atoms with E-state index < -0.39 is 0 Å². The topological polar surface area (TPSA) is 28.2 Å². The van der Waals surface area contributed by atoms with E-state index in [2.05, 4.69) is 10.3 Å². The van der Waals surface area contributed by atoms with Crippen LogP contribution < -0.4 is 5.32 Å².